The van der Waals surface area contributed by atoms with Crippen molar-refractivity contribution in [2.45, 2.75) is 26.8 Å². The fourth-order valence-corrected chi connectivity index (χ4v) is 5.87. The summed E-state index contributed by atoms with van der Waals surface area (Å²) in [5.74, 6) is 0.567. The molecule has 1 aliphatic rings. The number of hydrogen-bond donors (Lipinski definition) is 0. The standard InChI is InChI=1S/C29H29IN2O8S/c1-5-37-22-11-9-18(14-23(22)38-6-2)26-19(28(35)36-4)15-31-29-32(26)27(34)24(41-29)13-17-8-10-21(20(30)12-17)40-16-25(33)39-7-3/h8-15,26H,5-7,16H2,1-4H3/b24-13-/t26-/m0/s1. The van der Waals surface area contributed by atoms with Crippen molar-refractivity contribution in [3.05, 3.63) is 82.6 Å². The fraction of sp³-hybridized carbons (Fsp3) is 0.310. The molecule has 3 aromatic rings. The van der Waals surface area contributed by atoms with E-state index in [0.717, 1.165) is 9.13 Å². The van der Waals surface area contributed by atoms with E-state index in [1.54, 1.807) is 43.3 Å². The van der Waals surface area contributed by atoms with Crippen molar-refractivity contribution in [3.63, 3.8) is 0 Å². The van der Waals surface area contributed by atoms with E-state index >= 15 is 0 Å². The highest BCUT2D eigenvalue weighted by Gasteiger charge is 2.31. The number of carbonyl (C=O) groups is 2. The van der Waals surface area contributed by atoms with Crippen molar-refractivity contribution in [1.82, 2.24) is 4.57 Å². The molecule has 0 radical (unpaired) electrons. The van der Waals surface area contributed by atoms with Gasteiger partial charge in [-0.25, -0.2) is 14.6 Å². The molecular weight excluding hydrogens is 663 g/mol. The summed E-state index contributed by atoms with van der Waals surface area (Å²) < 4.78 is 29.7. The van der Waals surface area contributed by atoms with Gasteiger partial charge in [0.1, 0.15) is 5.75 Å². The van der Waals surface area contributed by atoms with Crippen LogP contribution >= 0.6 is 33.9 Å². The van der Waals surface area contributed by atoms with E-state index in [4.69, 9.17) is 23.7 Å². The van der Waals surface area contributed by atoms with Gasteiger partial charge in [0.2, 0.25) is 0 Å². The van der Waals surface area contributed by atoms with E-state index in [2.05, 4.69) is 27.6 Å². The van der Waals surface area contributed by atoms with Crippen molar-refractivity contribution in [1.29, 1.82) is 0 Å². The highest BCUT2D eigenvalue weighted by Crippen LogP contribution is 2.35. The first-order chi connectivity index (χ1) is 19.8. The minimum atomic E-state index is -0.783. The first-order valence-corrected chi connectivity index (χ1v) is 14.8. The molecule has 0 saturated carbocycles. The van der Waals surface area contributed by atoms with Crippen LogP contribution in [0.1, 0.15) is 37.9 Å². The van der Waals surface area contributed by atoms with Gasteiger partial charge in [-0.1, -0.05) is 23.5 Å². The number of ether oxygens (including phenoxy) is 5. The normalized spacial score (nSPS) is 14.4. The van der Waals surface area contributed by atoms with Crippen molar-refractivity contribution in [2.24, 2.45) is 4.99 Å². The van der Waals surface area contributed by atoms with E-state index in [9.17, 15) is 14.4 Å². The number of thiazole rings is 1. The van der Waals surface area contributed by atoms with Gasteiger partial charge in [0.25, 0.3) is 5.56 Å². The molecule has 2 heterocycles. The maximum Gasteiger partial charge on any atom is 0.344 e. The third-order valence-corrected chi connectivity index (χ3v) is 7.75. The zero-order chi connectivity index (χ0) is 29.5. The van der Waals surface area contributed by atoms with E-state index in [-0.39, 0.29) is 24.3 Å². The third-order valence-electron chi connectivity index (χ3n) is 5.91. The van der Waals surface area contributed by atoms with Crippen molar-refractivity contribution >= 4 is 51.9 Å². The molecular formula is C29H29IN2O8S. The zero-order valence-electron chi connectivity index (χ0n) is 23.0. The number of halogens is 1. The number of nitrogens with zero attached hydrogens (tertiary/aromatic N) is 2. The Morgan fingerprint density at radius 3 is 2.41 bits per heavy atom. The Morgan fingerprint density at radius 1 is 1.00 bits per heavy atom. The molecule has 12 heteroatoms. The molecule has 0 unspecified atom stereocenters. The summed E-state index contributed by atoms with van der Waals surface area (Å²) in [5, 5.41) is 0. The van der Waals surface area contributed by atoms with Crippen LogP contribution < -0.4 is 29.1 Å². The van der Waals surface area contributed by atoms with Crippen LogP contribution in [0.3, 0.4) is 0 Å². The SMILES string of the molecule is CCOC(=O)COc1ccc(/C=c2\sc3n(c2=O)[C@@H](c2ccc(OCC)c(OCC)c2)C(C(=O)OC)=CN=3)cc1I. The maximum absolute atomic E-state index is 13.8. The van der Waals surface area contributed by atoms with Gasteiger partial charge in [-0.15, -0.1) is 0 Å². The minimum absolute atomic E-state index is 0.194. The largest absolute Gasteiger partial charge is 0.490 e. The van der Waals surface area contributed by atoms with Gasteiger partial charge in [0, 0.05) is 6.20 Å². The lowest BCUT2D eigenvalue weighted by atomic mass is 9.97. The second kappa shape index (κ2) is 13.8. The summed E-state index contributed by atoms with van der Waals surface area (Å²) in [6.45, 7) is 6.44. The predicted octanol–water partition coefficient (Wildman–Crippen LogP) is 3.36. The number of benzene rings is 2. The summed E-state index contributed by atoms with van der Waals surface area (Å²) in [6, 6.07) is 9.93. The van der Waals surface area contributed by atoms with Crippen LogP contribution in [0.15, 0.2) is 58.0 Å². The minimum Gasteiger partial charge on any atom is -0.490 e. The first-order valence-electron chi connectivity index (χ1n) is 12.9. The van der Waals surface area contributed by atoms with Gasteiger partial charge in [-0.05, 0) is 84.8 Å². The Balaban J connectivity index is 1.76. The molecule has 4 rings (SSSR count). The van der Waals surface area contributed by atoms with Gasteiger partial charge in [0.15, 0.2) is 22.9 Å². The van der Waals surface area contributed by atoms with Crippen LogP contribution in [0.25, 0.3) is 6.08 Å². The van der Waals surface area contributed by atoms with Gasteiger partial charge < -0.3 is 23.7 Å². The predicted molar refractivity (Wildman–Crippen MR) is 161 cm³/mol. The zero-order valence-corrected chi connectivity index (χ0v) is 25.9. The van der Waals surface area contributed by atoms with Crippen molar-refractivity contribution in [2.75, 3.05) is 33.5 Å². The lowest BCUT2D eigenvalue weighted by Gasteiger charge is -2.23. The molecule has 0 amide bonds. The number of aromatic nitrogens is 1. The second-order valence-electron chi connectivity index (χ2n) is 8.53. The molecule has 10 nitrogen and oxygen atoms in total. The molecule has 1 aromatic heterocycles. The average molecular weight is 693 g/mol. The van der Waals surface area contributed by atoms with Crippen LogP contribution in [-0.4, -0.2) is 50.0 Å². The molecule has 0 N–H and O–H groups in total. The Bertz CT molecular complexity index is 1660. The molecule has 216 valence electrons. The molecule has 0 aliphatic carbocycles. The van der Waals surface area contributed by atoms with Crippen LogP contribution in [0.2, 0.25) is 0 Å². The van der Waals surface area contributed by atoms with Crippen molar-refractivity contribution in [3.8, 4) is 17.2 Å². The average Bonchev–Trinajstić information content (AvgIpc) is 3.27. The third kappa shape index (κ3) is 6.81. The summed E-state index contributed by atoms with van der Waals surface area (Å²) >= 11 is 3.32. The molecule has 41 heavy (non-hydrogen) atoms. The molecule has 0 fully saturated rings. The van der Waals surface area contributed by atoms with E-state index in [1.807, 2.05) is 19.9 Å². The first kappa shape index (κ1) is 30.3. The smallest absolute Gasteiger partial charge is 0.344 e. The van der Waals surface area contributed by atoms with Crippen LogP contribution in [0.4, 0.5) is 0 Å². The summed E-state index contributed by atoms with van der Waals surface area (Å²) in [6.07, 6.45) is 3.20. The van der Waals surface area contributed by atoms with Gasteiger partial charge in [-0.3, -0.25) is 9.36 Å². The number of esters is 2. The molecule has 0 saturated heterocycles. The van der Waals surface area contributed by atoms with Gasteiger partial charge >= 0.3 is 11.9 Å². The number of rotatable bonds is 11. The molecule has 0 spiro atoms. The van der Waals surface area contributed by atoms with Crippen molar-refractivity contribution < 1.29 is 33.3 Å². The van der Waals surface area contributed by atoms with E-state index in [1.165, 1.54) is 29.2 Å². The van der Waals surface area contributed by atoms with Crippen LogP contribution in [0, 0.1) is 3.57 Å². The Morgan fingerprint density at radius 2 is 1.73 bits per heavy atom. The molecule has 0 bridgehead atoms. The fourth-order valence-electron chi connectivity index (χ4n) is 4.20. The number of hydrogen-bond acceptors (Lipinski definition) is 10. The number of carbonyl (C=O) groups excluding carboxylic acids is 2. The number of fused-ring (bicyclic) bond motifs is 1. The van der Waals surface area contributed by atoms with Gasteiger partial charge in [0.05, 0.1) is 46.6 Å². The summed E-state index contributed by atoms with van der Waals surface area (Å²) in [7, 11) is 1.29. The Labute approximate surface area is 254 Å². The summed E-state index contributed by atoms with van der Waals surface area (Å²) in [5.41, 5.74) is 1.31. The van der Waals surface area contributed by atoms with E-state index in [0.29, 0.717) is 45.4 Å². The monoisotopic (exact) mass is 692 g/mol. The van der Waals surface area contributed by atoms with Gasteiger partial charge in [-0.2, -0.15) is 0 Å². The van der Waals surface area contributed by atoms with Crippen LogP contribution in [-0.2, 0) is 19.1 Å². The lowest BCUT2D eigenvalue weighted by Crippen LogP contribution is -2.39. The second-order valence-corrected chi connectivity index (χ2v) is 10.7. The molecule has 1 aliphatic heterocycles. The lowest BCUT2D eigenvalue weighted by molar-refractivity contribution is -0.145. The highest BCUT2D eigenvalue weighted by atomic mass is 127. The van der Waals surface area contributed by atoms with Crippen LogP contribution in [0.5, 0.6) is 17.2 Å². The maximum atomic E-state index is 13.8. The van der Waals surface area contributed by atoms with E-state index < -0.39 is 18.0 Å². The Hall–Kier alpha value is -3.65. The summed E-state index contributed by atoms with van der Waals surface area (Å²) in [4.78, 5) is 43.1. The topological polar surface area (TPSA) is 115 Å². The Kier molecular flexibility index (Phi) is 10.2. The molecule has 1 atom stereocenters. The number of methoxy groups -OCH3 is 1. The quantitative estimate of drug-likeness (QED) is 0.222. The highest BCUT2D eigenvalue weighted by molar-refractivity contribution is 14.1. The molecule has 2 aromatic carbocycles.